The van der Waals surface area contributed by atoms with E-state index in [1.165, 1.54) is 0 Å². The van der Waals surface area contributed by atoms with Crippen molar-refractivity contribution in [3.8, 4) is 34.0 Å². The van der Waals surface area contributed by atoms with Gasteiger partial charge < -0.3 is 40.1 Å². The molecule has 6 N–H and O–H groups in total. The van der Waals surface area contributed by atoms with Crippen molar-refractivity contribution >= 4 is 24.0 Å². The number of unbranched alkanes of at least 4 members (excludes halogenated alkanes) is 2. The second-order valence-corrected chi connectivity index (χ2v) is 17.5. The molecule has 0 saturated carbocycles. The van der Waals surface area contributed by atoms with E-state index in [0.29, 0.717) is 30.2 Å². The molecule has 4 aromatic rings. The lowest BCUT2D eigenvalue weighted by molar-refractivity contribution is -0.124. The van der Waals surface area contributed by atoms with Crippen molar-refractivity contribution in [2.45, 2.75) is 125 Å². The minimum Gasteiger partial charge on any atom is -0.457 e. The summed E-state index contributed by atoms with van der Waals surface area (Å²) in [5.41, 5.74) is 3.33. The molecule has 0 fully saturated rings. The Labute approximate surface area is 359 Å². The second kappa shape index (κ2) is 21.9. The molecule has 0 aliphatic carbocycles. The summed E-state index contributed by atoms with van der Waals surface area (Å²) < 4.78 is 16.7. The number of alkyl carbamates (subject to hydrolysis) is 2. The monoisotopic (exact) mass is 840 g/mol. The van der Waals surface area contributed by atoms with Gasteiger partial charge in [0.05, 0.1) is 23.8 Å². The quantitative estimate of drug-likeness (QED) is 0.0395. The molecule has 330 valence electrons. The molecule has 2 heterocycles. The highest BCUT2D eigenvalue weighted by molar-refractivity contribution is 5.96. The predicted octanol–water partition coefficient (Wildman–Crippen LogP) is 8.50. The van der Waals surface area contributed by atoms with Gasteiger partial charge in [0.2, 0.25) is 5.91 Å². The Morgan fingerprint density at radius 1 is 0.656 bits per heavy atom. The Hall–Kier alpha value is -6.12. The summed E-state index contributed by atoms with van der Waals surface area (Å²) in [6, 6.07) is 14.9. The van der Waals surface area contributed by atoms with Crippen LogP contribution in [0.15, 0.2) is 72.2 Å². The standard InChI is InChI=1S/C46H64N8O7/c1-29(2)39(53-43(57)60-45(5,6)7)41(55)47-25-13-11-15-37-49-27-35(51-37)31-17-21-33(22-18-31)59-34-23-19-32(20-24-34)36-28-50-38(52-36)16-12-14-26-48-42(56)40(30(3)4)54-44(58)61-46(8,9)10/h17-24,27-29,39H,11-16,25-26H2,1-10H3,(H,47,55)(H,48,56)(H,49,51)(H,50,52)(H,53,57)(H,54,58)/t39-/m1/s1. The van der Waals surface area contributed by atoms with Crippen LogP contribution in [-0.2, 0) is 31.9 Å². The van der Waals surface area contributed by atoms with Crippen molar-refractivity contribution in [1.29, 1.82) is 0 Å². The number of benzene rings is 2. The predicted molar refractivity (Wildman–Crippen MR) is 236 cm³/mol. The largest absolute Gasteiger partial charge is 0.457 e. The van der Waals surface area contributed by atoms with Gasteiger partial charge >= 0.3 is 12.2 Å². The van der Waals surface area contributed by atoms with Crippen LogP contribution in [0.1, 0.15) is 107 Å². The molecule has 61 heavy (non-hydrogen) atoms. The minimum atomic E-state index is -0.678. The summed E-state index contributed by atoms with van der Waals surface area (Å²) in [4.78, 5) is 65.7. The molecular weight excluding hydrogens is 777 g/mol. The summed E-state index contributed by atoms with van der Waals surface area (Å²) in [6.45, 7) is 18.9. The van der Waals surface area contributed by atoms with Gasteiger partial charge in [-0.05, 0) is 152 Å². The van der Waals surface area contributed by atoms with E-state index in [9.17, 15) is 19.2 Å². The number of hydrogen-bond donors (Lipinski definition) is 6. The van der Waals surface area contributed by atoms with Gasteiger partial charge in [-0.3, -0.25) is 14.9 Å². The van der Waals surface area contributed by atoms with E-state index in [2.05, 4.69) is 41.2 Å². The highest BCUT2D eigenvalue weighted by Crippen LogP contribution is 2.27. The lowest BCUT2D eigenvalue weighted by atomic mass is 10.0. The lowest BCUT2D eigenvalue weighted by Gasteiger charge is -2.25. The van der Waals surface area contributed by atoms with Crippen molar-refractivity contribution in [3.63, 3.8) is 0 Å². The third kappa shape index (κ3) is 16.5. The number of nitrogens with zero attached hydrogens (tertiary/aromatic N) is 2. The Morgan fingerprint density at radius 3 is 1.56 bits per heavy atom. The molecule has 4 amide bonds. The molecule has 4 rings (SSSR count). The molecule has 0 radical (unpaired) electrons. The minimum absolute atomic E-state index is 0.0910. The number of hydrogen-bond acceptors (Lipinski definition) is 9. The number of amides is 4. The first kappa shape index (κ1) is 47.6. The fourth-order valence-corrected chi connectivity index (χ4v) is 6.04. The summed E-state index contributed by atoms with van der Waals surface area (Å²) in [6.07, 6.45) is 6.95. The van der Waals surface area contributed by atoms with Gasteiger partial charge in [0.1, 0.15) is 46.1 Å². The zero-order valence-electron chi connectivity index (χ0n) is 37.3. The highest BCUT2D eigenvalue weighted by Gasteiger charge is 2.27. The first-order valence-electron chi connectivity index (χ1n) is 21.0. The molecule has 1 atom stereocenters. The summed E-state index contributed by atoms with van der Waals surface area (Å²) >= 11 is 0. The number of aryl methyl sites for hydroxylation is 2. The summed E-state index contributed by atoms with van der Waals surface area (Å²) in [7, 11) is 0. The molecule has 0 saturated heterocycles. The molecule has 0 bridgehead atoms. The molecule has 15 heteroatoms. The van der Waals surface area contributed by atoms with Crippen LogP contribution in [0.5, 0.6) is 11.5 Å². The number of imidazole rings is 2. The second-order valence-electron chi connectivity index (χ2n) is 17.5. The van der Waals surface area contributed by atoms with E-state index in [4.69, 9.17) is 14.2 Å². The van der Waals surface area contributed by atoms with Crippen LogP contribution in [0.3, 0.4) is 0 Å². The van der Waals surface area contributed by atoms with Gasteiger partial charge in [0.25, 0.3) is 5.91 Å². The van der Waals surface area contributed by atoms with E-state index < -0.39 is 29.4 Å². The third-order valence-corrected chi connectivity index (χ3v) is 9.06. The average Bonchev–Trinajstić information content (AvgIpc) is 3.85. The Morgan fingerprint density at radius 2 is 1.11 bits per heavy atom. The number of ether oxygens (including phenoxy) is 3. The zero-order valence-corrected chi connectivity index (χ0v) is 37.3. The Balaban J connectivity index is 1.16. The normalized spacial score (nSPS) is 12.0. The van der Waals surface area contributed by atoms with Gasteiger partial charge in [-0.1, -0.05) is 13.8 Å². The van der Waals surface area contributed by atoms with Gasteiger partial charge in [-0.2, -0.15) is 0 Å². The topological polar surface area (TPSA) is 201 Å². The molecular formula is C46H64N8O7. The molecule has 2 aromatic heterocycles. The summed E-state index contributed by atoms with van der Waals surface area (Å²) in [5, 5.41) is 11.1. The number of carbonyl (C=O) groups is 4. The molecule has 2 aromatic carbocycles. The van der Waals surface area contributed by atoms with Crippen LogP contribution in [0.2, 0.25) is 0 Å². The first-order chi connectivity index (χ1) is 28.8. The van der Waals surface area contributed by atoms with E-state index >= 15 is 0 Å². The first-order valence-corrected chi connectivity index (χ1v) is 21.0. The number of aromatic nitrogens is 4. The van der Waals surface area contributed by atoms with E-state index in [1.54, 1.807) is 55.4 Å². The van der Waals surface area contributed by atoms with E-state index in [1.807, 2.05) is 74.8 Å². The van der Waals surface area contributed by atoms with Crippen LogP contribution in [-0.4, -0.2) is 74.3 Å². The molecule has 0 aliphatic heterocycles. The number of carbonyl (C=O) groups excluding carboxylic acids is 4. The highest BCUT2D eigenvalue weighted by atomic mass is 16.6. The fraction of sp³-hybridized carbons (Fsp3) is 0.478. The number of H-pyrrole nitrogens is 2. The lowest BCUT2D eigenvalue weighted by Crippen LogP contribution is -2.51. The van der Waals surface area contributed by atoms with Crippen LogP contribution in [0.25, 0.3) is 22.5 Å². The number of aromatic amines is 2. The third-order valence-electron chi connectivity index (χ3n) is 9.06. The molecule has 0 aliphatic rings. The average molecular weight is 841 g/mol. The smallest absolute Gasteiger partial charge is 0.412 e. The van der Waals surface area contributed by atoms with Crippen molar-refractivity contribution in [2.75, 3.05) is 13.1 Å². The van der Waals surface area contributed by atoms with Crippen molar-refractivity contribution in [2.24, 2.45) is 5.92 Å². The van der Waals surface area contributed by atoms with Crippen LogP contribution < -0.4 is 26.0 Å². The molecule has 0 spiro atoms. The Kier molecular flexibility index (Phi) is 17.1. The maximum atomic E-state index is 12.8. The molecule has 15 nitrogen and oxygen atoms in total. The van der Waals surface area contributed by atoms with E-state index in [-0.39, 0.29) is 23.4 Å². The fourth-order valence-electron chi connectivity index (χ4n) is 6.04. The number of nitrogens with one attached hydrogen (secondary N) is 6. The maximum absolute atomic E-state index is 12.8. The number of allylic oxidation sites excluding steroid dienone is 1. The van der Waals surface area contributed by atoms with Crippen molar-refractivity contribution in [3.05, 3.63) is 83.8 Å². The van der Waals surface area contributed by atoms with Crippen molar-refractivity contribution in [1.82, 2.24) is 41.2 Å². The maximum Gasteiger partial charge on any atom is 0.412 e. The van der Waals surface area contributed by atoms with Crippen molar-refractivity contribution < 1.29 is 33.4 Å². The van der Waals surface area contributed by atoms with Crippen LogP contribution in [0, 0.1) is 5.92 Å². The molecule has 0 unspecified atom stereocenters. The van der Waals surface area contributed by atoms with Crippen LogP contribution in [0.4, 0.5) is 9.59 Å². The summed E-state index contributed by atoms with van der Waals surface area (Å²) in [5.74, 6) is 2.46. The van der Waals surface area contributed by atoms with E-state index in [0.717, 1.165) is 72.7 Å². The Bertz CT molecular complexity index is 2080. The van der Waals surface area contributed by atoms with Gasteiger partial charge in [-0.25, -0.2) is 19.6 Å². The SMILES string of the molecule is CC(C)=C(NC(=O)OC(C)(C)C)C(=O)NCCCCc1ncc(-c2ccc(Oc3ccc(-c4cnc(CCCCNC(=O)[C@H](NC(=O)OC(C)(C)C)C(C)C)[nH]4)cc3)cc2)[nH]1. The van der Waals surface area contributed by atoms with Gasteiger partial charge in [0.15, 0.2) is 0 Å². The van der Waals surface area contributed by atoms with Gasteiger partial charge in [0, 0.05) is 25.9 Å². The van der Waals surface area contributed by atoms with Crippen LogP contribution >= 0.6 is 0 Å². The number of rotatable bonds is 19. The van der Waals surface area contributed by atoms with Gasteiger partial charge in [-0.15, -0.1) is 0 Å². The zero-order chi connectivity index (χ0) is 44.7.